The lowest BCUT2D eigenvalue weighted by molar-refractivity contribution is -0.133. The summed E-state index contributed by atoms with van der Waals surface area (Å²) in [6, 6.07) is 7.60. The molecule has 0 atom stereocenters. The van der Waals surface area contributed by atoms with Crippen LogP contribution in [0.2, 0.25) is 0 Å². The van der Waals surface area contributed by atoms with Crippen LogP contribution < -0.4 is 5.84 Å². The number of hydrogen-bond donors (Lipinski definition) is 3. The van der Waals surface area contributed by atoms with Gasteiger partial charge in [-0.05, 0) is 30.3 Å². The molecule has 0 aliphatic carbocycles. The molecule has 0 aliphatic heterocycles. The molecule has 4 N–H and O–H groups in total. The van der Waals surface area contributed by atoms with E-state index in [-0.39, 0.29) is 16.7 Å². The molecule has 3 rings (SSSR count). The summed E-state index contributed by atoms with van der Waals surface area (Å²) in [6.07, 6.45) is 0. The van der Waals surface area contributed by atoms with Crippen molar-refractivity contribution in [2.24, 2.45) is 0 Å². The van der Waals surface area contributed by atoms with Crippen molar-refractivity contribution in [3.05, 3.63) is 36.1 Å². The summed E-state index contributed by atoms with van der Waals surface area (Å²) in [7, 11) is 0. The van der Waals surface area contributed by atoms with Crippen LogP contribution in [0.25, 0.3) is 22.8 Å². The smallest absolute Gasteiger partial charge is 0.313 e. The van der Waals surface area contributed by atoms with Crippen molar-refractivity contribution in [1.82, 2.24) is 25.1 Å². The van der Waals surface area contributed by atoms with Gasteiger partial charge in [-0.15, -0.1) is 10.2 Å². The molecule has 0 saturated heterocycles. The lowest BCUT2D eigenvalue weighted by Gasteiger charge is -2.00. The van der Waals surface area contributed by atoms with Gasteiger partial charge in [0.1, 0.15) is 11.5 Å². The number of hydrogen-bond acceptors (Lipinski definition) is 6. The van der Waals surface area contributed by atoms with Crippen LogP contribution in [0.15, 0.2) is 35.5 Å². The zero-order valence-electron chi connectivity index (χ0n) is 11.6. The van der Waals surface area contributed by atoms with Gasteiger partial charge in [0.15, 0.2) is 0 Å². The van der Waals surface area contributed by atoms with Crippen molar-refractivity contribution >= 4 is 17.7 Å². The maximum absolute atomic E-state index is 12.9. The number of carbonyl (C=O) groups is 1. The van der Waals surface area contributed by atoms with Crippen LogP contribution in [0.4, 0.5) is 4.39 Å². The third-order valence-corrected chi connectivity index (χ3v) is 3.88. The number of aromatic nitrogens is 5. The Balaban J connectivity index is 1.86. The van der Waals surface area contributed by atoms with Gasteiger partial charge in [0, 0.05) is 5.56 Å². The molecular weight excluding hydrogens is 323 g/mol. The van der Waals surface area contributed by atoms with Crippen LogP contribution in [-0.2, 0) is 4.79 Å². The fourth-order valence-corrected chi connectivity index (χ4v) is 2.47. The van der Waals surface area contributed by atoms with Crippen LogP contribution in [0, 0.1) is 5.82 Å². The number of nitrogens with one attached hydrogen (secondary N) is 1. The lowest BCUT2D eigenvalue weighted by atomic mass is 10.1. The van der Waals surface area contributed by atoms with E-state index in [1.165, 1.54) is 16.8 Å². The largest absolute Gasteiger partial charge is 0.481 e. The highest BCUT2D eigenvalue weighted by Gasteiger charge is 2.16. The van der Waals surface area contributed by atoms with Gasteiger partial charge >= 0.3 is 5.97 Å². The van der Waals surface area contributed by atoms with E-state index in [0.717, 1.165) is 17.3 Å². The van der Waals surface area contributed by atoms with Gasteiger partial charge in [-0.25, -0.2) is 9.07 Å². The fraction of sp³-hybridized carbons (Fsp3) is 0.0769. The average Bonchev–Trinajstić information content (AvgIpc) is 3.13. The van der Waals surface area contributed by atoms with Gasteiger partial charge in [-0.1, -0.05) is 11.8 Å². The third kappa shape index (κ3) is 3.16. The van der Waals surface area contributed by atoms with Gasteiger partial charge in [0.05, 0.1) is 11.4 Å². The number of aliphatic carboxylic acids is 1. The van der Waals surface area contributed by atoms with Crippen molar-refractivity contribution in [3.8, 4) is 22.8 Å². The molecule has 0 amide bonds. The van der Waals surface area contributed by atoms with E-state index >= 15 is 0 Å². The highest BCUT2D eigenvalue weighted by atomic mass is 32.2. The number of rotatable bonds is 5. The first-order valence-corrected chi connectivity index (χ1v) is 7.40. The molecule has 0 fully saturated rings. The lowest BCUT2D eigenvalue weighted by Crippen LogP contribution is -2.12. The summed E-state index contributed by atoms with van der Waals surface area (Å²) < 4.78 is 14.1. The van der Waals surface area contributed by atoms with Crippen molar-refractivity contribution in [3.63, 3.8) is 0 Å². The molecule has 2 aromatic heterocycles. The molecule has 0 saturated carbocycles. The van der Waals surface area contributed by atoms with Gasteiger partial charge in [-0.2, -0.15) is 5.10 Å². The number of benzene rings is 1. The predicted molar refractivity (Wildman–Crippen MR) is 81.5 cm³/mol. The standard InChI is InChI=1S/C13H11FN6O2S/c14-8-3-1-7(2-4-8)9-5-10(17-16-9)12-18-19-13(20(12)15)23-6-11(21)22/h1-5H,6,15H2,(H,16,17)(H,21,22). The topological polar surface area (TPSA) is 123 Å². The molecule has 3 aromatic rings. The van der Waals surface area contributed by atoms with Crippen molar-refractivity contribution in [2.75, 3.05) is 11.6 Å². The first-order valence-electron chi connectivity index (χ1n) is 6.41. The molecule has 0 spiro atoms. The maximum Gasteiger partial charge on any atom is 0.313 e. The average molecular weight is 334 g/mol. The number of nitrogens with zero attached hydrogens (tertiary/aromatic N) is 4. The number of carboxylic acids is 1. The third-order valence-electron chi connectivity index (χ3n) is 2.95. The van der Waals surface area contributed by atoms with Crippen molar-refractivity contribution < 1.29 is 14.3 Å². The minimum absolute atomic E-state index is 0.168. The molecule has 2 heterocycles. The Kier molecular flexibility index (Phi) is 3.98. The Morgan fingerprint density at radius 3 is 2.78 bits per heavy atom. The van der Waals surface area contributed by atoms with Gasteiger partial charge in [0.25, 0.3) is 0 Å². The summed E-state index contributed by atoms with van der Waals surface area (Å²) in [5.74, 6) is 4.72. The Hall–Kier alpha value is -2.88. The molecule has 0 radical (unpaired) electrons. The number of thioether (sulfide) groups is 1. The Labute approximate surface area is 133 Å². The number of carboxylic acid groups (broad SMARTS) is 1. The van der Waals surface area contributed by atoms with E-state index < -0.39 is 5.97 Å². The van der Waals surface area contributed by atoms with Crippen LogP contribution in [0.3, 0.4) is 0 Å². The first kappa shape index (κ1) is 15.0. The van der Waals surface area contributed by atoms with Gasteiger partial charge in [-0.3, -0.25) is 9.89 Å². The molecule has 0 aliphatic rings. The summed E-state index contributed by atoms with van der Waals surface area (Å²) in [5.41, 5.74) is 1.85. The van der Waals surface area contributed by atoms with Crippen LogP contribution >= 0.6 is 11.8 Å². The van der Waals surface area contributed by atoms with Crippen LogP contribution in [-0.4, -0.2) is 41.9 Å². The van der Waals surface area contributed by atoms with E-state index in [2.05, 4.69) is 20.4 Å². The maximum atomic E-state index is 12.9. The summed E-state index contributed by atoms with van der Waals surface area (Å²) in [4.78, 5) is 10.6. The van der Waals surface area contributed by atoms with E-state index in [9.17, 15) is 9.18 Å². The summed E-state index contributed by atoms with van der Waals surface area (Å²) in [6.45, 7) is 0. The van der Waals surface area contributed by atoms with Gasteiger partial charge < -0.3 is 10.9 Å². The highest BCUT2D eigenvalue weighted by molar-refractivity contribution is 7.99. The second-order valence-electron chi connectivity index (χ2n) is 4.53. The second-order valence-corrected chi connectivity index (χ2v) is 5.47. The summed E-state index contributed by atoms with van der Waals surface area (Å²) in [5, 5.41) is 23.6. The Morgan fingerprint density at radius 2 is 2.09 bits per heavy atom. The number of H-pyrrole nitrogens is 1. The molecular formula is C13H11FN6O2S. The first-order chi connectivity index (χ1) is 11.0. The van der Waals surface area contributed by atoms with E-state index in [4.69, 9.17) is 10.9 Å². The van der Waals surface area contributed by atoms with Crippen LogP contribution in [0.5, 0.6) is 0 Å². The van der Waals surface area contributed by atoms with E-state index in [0.29, 0.717) is 17.2 Å². The molecule has 23 heavy (non-hydrogen) atoms. The Morgan fingerprint density at radius 1 is 1.35 bits per heavy atom. The number of aromatic amines is 1. The fourth-order valence-electron chi connectivity index (χ4n) is 1.89. The molecule has 1 aromatic carbocycles. The van der Waals surface area contributed by atoms with Gasteiger partial charge in [0.2, 0.25) is 11.0 Å². The molecule has 0 unspecified atom stereocenters. The molecule has 118 valence electrons. The molecule has 0 bridgehead atoms. The normalized spacial score (nSPS) is 10.8. The molecule has 10 heteroatoms. The number of halogens is 1. The Bertz CT molecular complexity index is 845. The van der Waals surface area contributed by atoms with Crippen molar-refractivity contribution in [2.45, 2.75) is 5.16 Å². The minimum Gasteiger partial charge on any atom is -0.481 e. The van der Waals surface area contributed by atoms with Crippen LogP contribution in [0.1, 0.15) is 0 Å². The number of nitrogens with two attached hydrogens (primary N) is 1. The minimum atomic E-state index is -0.973. The SMILES string of the molecule is Nn1c(SCC(=O)O)nnc1-c1cc(-c2ccc(F)cc2)n[nH]1. The van der Waals surface area contributed by atoms with E-state index in [1.807, 2.05) is 0 Å². The molecule has 8 nitrogen and oxygen atoms in total. The second kappa shape index (κ2) is 6.08. The zero-order chi connectivity index (χ0) is 16.4. The number of nitrogen functional groups attached to an aromatic ring is 1. The quantitative estimate of drug-likeness (QED) is 0.475. The monoisotopic (exact) mass is 334 g/mol. The zero-order valence-corrected chi connectivity index (χ0v) is 12.4. The van der Waals surface area contributed by atoms with Crippen molar-refractivity contribution in [1.29, 1.82) is 0 Å². The summed E-state index contributed by atoms with van der Waals surface area (Å²) >= 11 is 0.964. The highest BCUT2D eigenvalue weighted by Crippen LogP contribution is 2.24. The van der Waals surface area contributed by atoms with E-state index in [1.54, 1.807) is 18.2 Å². The predicted octanol–water partition coefficient (Wildman–Crippen LogP) is 1.36.